The van der Waals surface area contributed by atoms with Crippen LogP contribution >= 0.6 is 0 Å². The highest BCUT2D eigenvalue weighted by molar-refractivity contribution is 5.36. The Hall–Kier alpha value is -2.21. The first-order chi connectivity index (χ1) is 10.1. The normalized spacial score (nSPS) is 10.6. The van der Waals surface area contributed by atoms with Crippen LogP contribution in [0.4, 0.5) is 5.82 Å². The highest BCUT2D eigenvalue weighted by atomic mass is 16.5. The number of hydrogen-bond acceptors (Lipinski definition) is 5. The molecule has 0 saturated heterocycles. The third kappa shape index (κ3) is 4.39. The third-order valence-corrected chi connectivity index (χ3v) is 2.78. The van der Waals surface area contributed by atoms with Crippen LogP contribution in [0.1, 0.15) is 18.3 Å². The standard InChI is InChI=1S/C15H21N5O/c1-11(2)10-21-8-7-16-14-5-6-15(18-17-14)20-13(4)9-12(3)19-20/h5-6,9H,1,7-8,10H2,2-4H3,(H,16,17). The van der Waals surface area contributed by atoms with Crippen LogP contribution in [-0.4, -0.2) is 39.7 Å². The van der Waals surface area contributed by atoms with E-state index in [1.54, 1.807) is 4.68 Å². The molecular formula is C15H21N5O. The molecule has 0 spiro atoms. The van der Waals surface area contributed by atoms with E-state index in [4.69, 9.17) is 4.74 Å². The van der Waals surface area contributed by atoms with E-state index in [1.165, 1.54) is 0 Å². The number of aryl methyl sites for hydroxylation is 2. The highest BCUT2D eigenvalue weighted by Crippen LogP contribution is 2.10. The fourth-order valence-corrected chi connectivity index (χ4v) is 1.89. The molecule has 0 atom stereocenters. The van der Waals surface area contributed by atoms with Crippen molar-refractivity contribution < 1.29 is 4.74 Å². The number of ether oxygens (including phenoxy) is 1. The predicted molar refractivity (Wildman–Crippen MR) is 82.8 cm³/mol. The molecule has 0 fully saturated rings. The van der Waals surface area contributed by atoms with Crippen molar-refractivity contribution in [2.45, 2.75) is 20.8 Å². The summed E-state index contributed by atoms with van der Waals surface area (Å²) in [6.45, 7) is 11.5. The second-order valence-electron chi connectivity index (χ2n) is 5.05. The van der Waals surface area contributed by atoms with Gasteiger partial charge < -0.3 is 10.1 Å². The summed E-state index contributed by atoms with van der Waals surface area (Å²) in [5.41, 5.74) is 3.02. The van der Waals surface area contributed by atoms with Crippen molar-refractivity contribution in [3.05, 3.63) is 41.7 Å². The van der Waals surface area contributed by atoms with E-state index in [0.29, 0.717) is 25.6 Å². The maximum Gasteiger partial charge on any atom is 0.176 e. The van der Waals surface area contributed by atoms with Gasteiger partial charge in [-0.25, -0.2) is 4.68 Å². The van der Waals surface area contributed by atoms with Crippen molar-refractivity contribution >= 4 is 5.82 Å². The fourth-order valence-electron chi connectivity index (χ4n) is 1.89. The summed E-state index contributed by atoms with van der Waals surface area (Å²) < 4.78 is 7.18. The van der Waals surface area contributed by atoms with E-state index < -0.39 is 0 Å². The maximum atomic E-state index is 5.40. The number of rotatable bonds is 7. The zero-order valence-electron chi connectivity index (χ0n) is 12.8. The summed E-state index contributed by atoms with van der Waals surface area (Å²) in [6, 6.07) is 5.79. The first-order valence-electron chi connectivity index (χ1n) is 6.89. The van der Waals surface area contributed by atoms with Gasteiger partial charge in [-0.1, -0.05) is 12.2 Å². The SMILES string of the molecule is C=C(C)COCCNc1ccc(-n2nc(C)cc2C)nn1. The van der Waals surface area contributed by atoms with Crippen molar-refractivity contribution in [1.82, 2.24) is 20.0 Å². The van der Waals surface area contributed by atoms with E-state index in [-0.39, 0.29) is 0 Å². The summed E-state index contributed by atoms with van der Waals surface area (Å²) >= 11 is 0. The Bertz CT molecular complexity index is 603. The number of hydrogen-bond donors (Lipinski definition) is 1. The lowest BCUT2D eigenvalue weighted by atomic mass is 10.4. The van der Waals surface area contributed by atoms with Gasteiger partial charge in [-0.15, -0.1) is 10.2 Å². The Labute approximate surface area is 124 Å². The molecule has 1 N–H and O–H groups in total. The molecule has 21 heavy (non-hydrogen) atoms. The Morgan fingerprint density at radius 1 is 1.33 bits per heavy atom. The van der Waals surface area contributed by atoms with Gasteiger partial charge in [0.05, 0.1) is 18.9 Å². The topological polar surface area (TPSA) is 64.9 Å². The zero-order chi connectivity index (χ0) is 15.2. The van der Waals surface area contributed by atoms with Crippen LogP contribution in [0.5, 0.6) is 0 Å². The molecular weight excluding hydrogens is 266 g/mol. The van der Waals surface area contributed by atoms with Crippen molar-refractivity contribution in [3.63, 3.8) is 0 Å². The van der Waals surface area contributed by atoms with Crippen molar-refractivity contribution in [2.75, 3.05) is 25.1 Å². The molecule has 0 amide bonds. The largest absolute Gasteiger partial charge is 0.375 e. The van der Waals surface area contributed by atoms with Crippen LogP contribution in [0.3, 0.4) is 0 Å². The summed E-state index contributed by atoms with van der Waals surface area (Å²) in [5.74, 6) is 1.43. The van der Waals surface area contributed by atoms with Gasteiger partial charge in [0.25, 0.3) is 0 Å². The monoisotopic (exact) mass is 287 g/mol. The molecule has 2 rings (SSSR count). The highest BCUT2D eigenvalue weighted by Gasteiger charge is 2.05. The van der Waals surface area contributed by atoms with Crippen LogP contribution in [0, 0.1) is 13.8 Å². The molecule has 0 radical (unpaired) electrons. The van der Waals surface area contributed by atoms with Gasteiger partial charge in [-0.3, -0.25) is 0 Å². The predicted octanol–water partition coefficient (Wildman–Crippen LogP) is 2.28. The molecule has 112 valence electrons. The second-order valence-corrected chi connectivity index (χ2v) is 5.05. The van der Waals surface area contributed by atoms with E-state index in [9.17, 15) is 0 Å². The molecule has 0 aromatic carbocycles. The quantitative estimate of drug-likeness (QED) is 0.625. The molecule has 0 bridgehead atoms. The Balaban J connectivity index is 1.87. The minimum atomic E-state index is 0.588. The van der Waals surface area contributed by atoms with Gasteiger partial charge in [0, 0.05) is 12.2 Å². The molecule has 6 nitrogen and oxygen atoms in total. The van der Waals surface area contributed by atoms with Gasteiger partial charge >= 0.3 is 0 Å². The fraction of sp³-hybridized carbons (Fsp3) is 0.400. The second kappa shape index (κ2) is 6.99. The van der Waals surface area contributed by atoms with Crippen LogP contribution < -0.4 is 5.32 Å². The van der Waals surface area contributed by atoms with E-state index in [1.807, 2.05) is 39.0 Å². The van der Waals surface area contributed by atoms with Gasteiger partial charge in [-0.2, -0.15) is 5.10 Å². The summed E-state index contributed by atoms with van der Waals surface area (Å²) in [5, 5.41) is 15.9. The third-order valence-electron chi connectivity index (χ3n) is 2.78. The number of nitrogens with zero attached hydrogens (tertiary/aromatic N) is 4. The van der Waals surface area contributed by atoms with Gasteiger partial charge in [-0.05, 0) is 39.0 Å². The molecule has 2 heterocycles. The molecule has 0 aliphatic rings. The summed E-state index contributed by atoms with van der Waals surface area (Å²) in [7, 11) is 0. The Kier molecular flexibility index (Phi) is 5.05. The molecule has 0 unspecified atom stereocenters. The average molecular weight is 287 g/mol. The number of anilines is 1. The molecule has 0 aliphatic carbocycles. The minimum absolute atomic E-state index is 0.588. The average Bonchev–Trinajstić information content (AvgIpc) is 2.78. The molecule has 0 aliphatic heterocycles. The summed E-state index contributed by atoms with van der Waals surface area (Å²) in [6.07, 6.45) is 0. The molecule has 2 aromatic rings. The van der Waals surface area contributed by atoms with Crippen LogP contribution in [-0.2, 0) is 4.74 Å². The molecule has 2 aromatic heterocycles. The summed E-state index contributed by atoms with van der Waals surface area (Å²) in [4.78, 5) is 0. The van der Waals surface area contributed by atoms with E-state index >= 15 is 0 Å². The van der Waals surface area contributed by atoms with Gasteiger partial charge in [0.2, 0.25) is 0 Å². The van der Waals surface area contributed by atoms with Crippen LogP contribution in [0.15, 0.2) is 30.4 Å². The first-order valence-corrected chi connectivity index (χ1v) is 6.89. The lowest BCUT2D eigenvalue weighted by Crippen LogP contribution is -2.12. The molecule has 0 saturated carbocycles. The van der Waals surface area contributed by atoms with Gasteiger partial charge in [0.1, 0.15) is 5.82 Å². The van der Waals surface area contributed by atoms with E-state index in [0.717, 1.165) is 22.8 Å². The lowest BCUT2D eigenvalue weighted by molar-refractivity contribution is 0.167. The Morgan fingerprint density at radius 2 is 2.14 bits per heavy atom. The maximum absolute atomic E-state index is 5.40. The number of aromatic nitrogens is 4. The lowest BCUT2D eigenvalue weighted by Gasteiger charge is -2.07. The van der Waals surface area contributed by atoms with Crippen molar-refractivity contribution in [1.29, 1.82) is 0 Å². The van der Waals surface area contributed by atoms with Crippen LogP contribution in [0.2, 0.25) is 0 Å². The number of nitrogens with one attached hydrogen (secondary N) is 1. The molecule has 6 heteroatoms. The van der Waals surface area contributed by atoms with Gasteiger partial charge in [0.15, 0.2) is 5.82 Å². The van der Waals surface area contributed by atoms with Crippen molar-refractivity contribution in [2.24, 2.45) is 0 Å². The first kappa shape index (κ1) is 15.2. The van der Waals surface area contributed by atoms with Crippen molar-refractivity contribution in [3.8, 4) is 5.82 Å². The smallest absolute Gasteiger partial charge is 0.176 e. The van der Waals surface area contributed by atoms with E-state index in [2.05, 4.69) is 27.2 Å². The van der Waals surface area contributed by atoms with Crippen LogP contribution in [0.25, 0.3) is 5.82 Å². The minimum Gasteiger partial charge on any atom is -0.375 e. The Morgan fingerprint density at radius 3 is 2.71 bits per heavy atom. The zero-order valence-corrected chi connectivity index (χ0v) is 12.8.